The van der Waals surface area contributed by atoms with Gasteiger partial charge >= 0.3 is 5.97 Å². The number of carboxylic acid groups (broad SMARTS) is 1. The van der Waals surface area contributed by atoms with Gasteiger partial charge in [-0.2, -0.15) is 0 Å². The van der Waals surface area contributed by atoms with Crippen molar-refractivity contribution in [2.75, 3.05) is 0 Å². The minimum absolute atomic E-state index is 0.0948. The van der Waals surface area contributed by atoms with Crippen LogP contribution in [0.2, 0.25) is 0 Å². The first-order valence-corrected chi connectivity index (χ1v) is 4.40. The summed E-state index contributed by atoms with van der Waals surface area (Å²) in [7, 11) is 0. The van der Waals surface area contributed by atoms with Crippen LogP contribution in [0.15, 0.2) is 24.3 Å². The molecule has 0 fully saturated rings. The number of rotatable bonds is 3. The van der Waals surface area contributed by atoms with Crippen molar-refractivity contribution < 1.29 is 19.1 Å². The SMILES string of the molecule is CC(C)(F)c1ccccc1C(=O)C(=O)O. The number of benzene rings is 1. The van der Waals surface area contributed by atoms with E-state index in [-0.39, 0.29) is 11.1 Å². The molecule has 0 spiro atoms. The molecule has 4 heteroatoms. The van der Waals surface area contributed by atoms with Gasteiger partial charge in [0.25, 0.3) is 5.78 Å². The summed E-state index contributed by atoms with van der Waals surface area (Å²) in [6.45, 7) is 2.56. The molecule has 15 heavy (non-hydrogen) atoms. The Kier molecular flexibility index (Phi) is 2.88. The molecule has 0 aliphatic carbocycles. The van der Waals surface area contributed by atoms with Crippen molar-refractivity contribution in [2.45, 2.75) is 19.5 Å². The van der Waals surface area contributed by atoms with Crippen LogP contribution < -0.4 is 0 Å². The van der Waals surface area contributed by atoms with E-state index in [0.717, 1.165) is 0 Å². The zero-order valence-corrected chi connectivity index (χ0v) is 8.45. The third kappa shape index (κ3) is 2.40. The van der Waals surface area contributed by atoms with Gasteiger partial charge in [-0.25, -0.2) is 9.18 Å². The van der Waals surface area contributed by atoms with Gasteiger partial charge < -0.3 is 5.11 Å². The van der Waals surface area contributed by atoms with E-state index in [1.165, 1.54) is 32.0 Å². The molecule has 0 aliphatic heterocycles. The van der Waals surface area contributed by atoms with Crippen LogP contribution in [0.25, 0.3) is 0 Å². The molecule has 0 heterocycles. The van der Waals surface area contributed by atoms with E-state index in [1.54, 1.807) is 6.07 Å². The second-order valence-corrected chi connectivity index (χ2v) is 3.65. The Labute approximate surface area is 86.5 Å². The zero-order valence-electron chi connectivity index (χ0n) is 8.45. The maximum Gasteiger partial charge on any atom is 0.377 e. The number of ketones is 1. The lowest BCUT2D eigenvalue weighted by molar-refractivity contribution is -0.131. The van der Waals surface area contributed by atoms with E-state index in [0.29, 0.717) is 0 Å². The summed E-state index contributed by atoms with van der Waals surface area (Å²) >= 11 is 0. The Morgan fingerprint density at radius 3 is 2.27 bits per heavy atom. The van der Waals surface area contributed by atoms with Crippen LogP contribution in [0.1, 0.15) is 29.8 Å². The van der Waals surface area contributed by atoms with E-state index in [1.807, 2.05) is 0 Å². The molecule has 0 atom stereocenters. The molecule has 0 aliphatic rings. The van der Waals surface area contributed by atoms with Gasteiger partial charge in [0.2, 0.25) is 0 Å². The molecule has 80 valence electrons. The van der Waals surface area contributed by atoms with Crippen molar-refractivity contribution in [3.05, 3.63) is 35.4 Å². The number of hydrogen-bond donors (Lipinski definition) is 1. The van der Waals surface area contributed by atoms with Crippen molar-refractivity contribution in [3.63, 3.8) is 0 Å². The summed E-state index contributed by atoms with van der Waals surface area (Å²) in [6, 6.07) is 5.80. The molecule has 1 aromatic carbocycles. The van der Waals surface area contributed by atoms with E-state index >= 15 is 0 Å². The fourth-order valence-electron chi connectivity index (χ4n) is 1.31. The summed E-state index contributed by atoms with van der Waals surface area (Å²) in [5.74, 6) is -2.66. The summed E-state index contributed by atoms with van der Waals surface area (Å²) in [6.07, 6.45) is 0. The van der Waals surface area contributed by atoms with Crippen LogP contribution in [0.3, 0.4) is 0 Å². The van der Waals surface area contributed by atoms with Crippen LogP contribution >= 0.6 is 0 Å². The van der Waals surface area contributed by atoms with Crippen molar-refractivity contribution in [3.8, 4) is 0 Å². The monoisotopic (exact) mass is 210 g/mol. The Hall–Kier alpha value is -1.71. The van der Waals surface area contributed by atoms with E-state index in [9.17, 15) is 14.0 Å². The zero-order chi connectivity index (χ0) is 11.6. The molecule has 0 radical (unpaired) electrons. The van der Waals surface area contributed by atoms with Crippen molar-refractivity contribution >= 4 is 11.8 Å². The second-order valence-electron chi connectivity index (χ2n) is 3.65. The number of halogens is 1. The normalized spacial score (nSPS) is 11.1. The standard InChI is InChI=1S/C11H11FO3/c1-11(2,12)8-6-4-3-5-7(8)9(13)10(14)15/h3-6H,1-2H3,(H,14,15). The number of alkyl halides is 1. The molecular formula is C11H11FO3. The first-order chi connectivity index (χ1) is 6.84. The topological polar surface area (TPSA) is 54.4 Å². The quantitative estimate of drug-likeness (QED) is 0.614. The number of carbonyl (C=O) groups excluding carboxylic acids is 1. The molecule has 0 aromatic heterocycles. The number of aliphatic carboxylic acids is 1. The Balaban J connectivity index is 3.31. The maximum atomic E-state index is 13.7. The minimum Gasteiger partial charge on any atom is -0.475 e. The molecule has 0 saturated heterocycles. The molecular weight excluding hydrogens is 199 g/mol. The number of carboxylic acids is 1. The van der Waals surface area contributed by atoms with Crippen LogP contribution in [0, 0.1) is 0 Å². The second kappa shape index (κ2) is 3.81. The first-order valence-electron chi connectivity index (χ1n) is 4.40. The third-order valence-corrected chi connectivity index (χ3v) is 2.01. The first kappa shape index (κ1) is 11.4. The summed E-state index contributed by atoms with van der Waals surface area (Å²) in [5, 5.41) is 8.55. The fourth-order valence-corrected chi connectivity index (χ4v) is 1.31. The van der Waals surface area contributed by atoms with Crippen molar-refractivity contribution in [1.29, 1.82) is 0 Å². The van der Waals surface area contributed by atoms with Gasteiger partial charge in [0.05, 0.1) is 0 Å². The Bertz CT molecular complexity index is 405. The number of hydrogen-bond acceptors (Lipinski definition) is 2. The molecule has 1 N–H and O–H groups in total. The van der Waals surface area contributed by atoms with Gasteiger partial charge in [0.15, 0.2) is 0 Å². The maximum absolute atomic E-state index is 13.7. The van der Waals surface area contributed by atoms with Crippen LogP contribution in [-0.2, 0) is 10.5 Å². The lowest BCUT2D eigenvalue weighted by Gasteiger charge is -2.17. The molecule has 0 saturated carbocycles. The predicted octanol–water partition coefficient (Wildman–Crippen LogP) is 2.16. The molecule has 1 aromatic rings. The lowest BCUT2D eigenvalue weighted by atomic mass is 9.92. The van der Waals surface area contributed by atoms with Crippen LogP contribution in [0.4, 0.5) is 4.39 Å². The largest absolute Gasteiger partial charge is 0.475 e. The summed E-state index contributed by atoms with van der Waals surface area (Å²) in [4.78, 5) is 21.8. The van der Waals surface area contributed by atoms with Crippen molar-refractivity contribution in [2.24, 2.45) is 0 Å². The Morgan fingerprint density at radius 1 is 1.27 bits per heavy atom. The van der Waals surface area contributed by atoms with Crippen LogP contribution in [0.5, 0.6) is 0 Å². The van der Waals surface area contributed by atoms with Gasteiger partial charge in [-0.15, -0.1) is 0 Å². The predicted molar refractivity (Wildman–Crippen MR) is 52.5 cm³/mol. The highest BCUT2D eigenvalue weighted by molar-refractivity contribution is 6.40. The minimum atomic E-state index is -1.73. The highest BCUT2D eigenvalue weighted by Gasteiger charge is 2.27. The smallest absolute Gasteiger partial charge is 0.377 e. The van der Waals surface area contributed by atoms with E-state index in [2.05, 4.69) is 0 Å². The lowest BCUT2D eigenvalue weighted by Crippen LogP contribution is -2.20. The molecule has 0 unspecified atom stereocenters. The van der Waals surface area contributed by atoms with E-state index < -0.39 is 17.4 Å². The van der Waals surface area contributed by atoms with Gasteiger partial charge in [-0.05, 0) is 19.4 Å². The highest BCUT2D eigenvalue weighted by Crippen LogP contribution is 2.27. The fraction of sp³-hybridized carbons (Fsp3) is 0.273. The van der Waals surface area contributed by atoms with Crippen molar-refractivity contribution in [1.82, 2.24) is 0 Å². The summed E-state index contributed by atoms with van der Waals surface area (Å²) in [5.41, 5.74) is -1.74. The van der Waals surface area contributed by atoms with Gasteiger partial charge in [-0.1, -0.05) is 24.3 Å². The third-order valence-electron chi connectivity index (χ3n) is 2.01. The molecule has 1 rings (SSSR count). The summed E-state index contributed by atoms with van der Waals surface area (Å²) < 4.78 is 13.7. The molecule has 0 bridgehead atoms. The number of Topliss-reactive ketones (excluding diaryl/α,β-unsaturated/α-hetero) is 1. The van der Waals surface area contributed by atoms with Gasteiger partial charge in [-0.3, -0.25) is 4.79 Å². The average molecular weight is 210 g/mol. The Morgan fingerprint density at radius 2 is 1.80 bits per heavy atom. The van der Waals surface area contributed by atoms with E-state index in [4.69, 9.17) is 5.11 Å². The highest BCUT2D eigenvalue weighted by atomic mass is 19.1. The average Bonchev–Trinajstić information content (AvgIpc) is 2.15. The van der Waals surface area contributed by atoms with Gasteiger partial charge in [0, 0.05) is 5.56 Å². The van der Waals surface area contributed by atoms with Gasteiger partial charge in [0.1, 0.15) is 5.67 Å². The van der Waals surface area contributed by atoms with Crippen LogP contribution in [-0.4, -0.2) is 16.9 Å². The molecule has 0 amide bonds. The molecule has 3 nitrogen and oxygen atoms in total. The number of carbonyl (C=O) groups is 2.